The number of aryl methyl sites for hydroxylation is 2. The Labute approximate surface area is 406 Å². The Bertz CT molecular complexity index is 3070. The van der Waals surface area contributed by atoms with Crippen molar-refractivity contribution in [1.82, 2.24) is 40.2 Å². The second-order valence-corrected chi connectivity index (χ2v) is 18.3. The third-order valence-corrected chi connectivity index (χ3v) is 11.9. The Morgan fingerprint density at radius 3 is 1.60 bits per heavy atom. The minimum Gasteiger partial charge on any atom is -0.399 e. The van der Waals surface area contributed by atoms with E-state index >= 15 is 0 Å². The fraction of sp³-hybridized carbons (Fsp3) is 0.250. The number of nitrogens with one attached hydrogen (secondary N) is 6. The highest BCUT2D eigenvalue weighted by molar-refractivity contribution is 9.10. The van der Waals surface area contributed by atoms with Gasteiger partial charge in [-0.1, -0.05) is 57.4 Å². The summed E-state index contributed by atoms with van der Waals surface area (Å²) in [7, 11) is -0.366. The van der Waals surface area contributed by atoms with E-state index in [9.17, 15) is 35.9 Å². The summed E-state index contributed by atoms with van der Waals surface area (Å²) < 4.78 is 89.2. The second-order valence-electron chi connectivity index (χ2n) is 17.4. The zero-order valence-electron chi connectivity index (χ0n) is 38.6. The molecule has 1 saturated heterocycles. The van der Waals surface area contributed by atoms with Gasteiger partial charge in [0.25, 0.3) is 0 Å². The topological polar surface area (TPSA) is 168 Å². The summed E-state index contributed by atoms with van der Waals surface area (Å²) in [5.41, 5.74) is 8.67. The molecule has 1 fully saturated rings. The van der Waals surface area contributed by atoms with Gasteiger partial charge in [-0.05, 0) is 102 Å². The van der Waals surface area contributed by atoms with Gasteiger partial charge in [0.05, 0.1) is 40.1 Å². The highest BCUT2D eigenvalue weighted by Gasteiger charge is 2.52. The van der Waals surface area contributed by atoms with E-state index in [2.05, 4.69) is 106 Å². The van der Waals surface area contributed by atoms with Gasteiger partial charge in [0.2, 0.25) is 0 Å². The number of fused-ring (bicyclic) bond motifs is 2. The molecule has 9 rings (SSSR count). The van der Waals surface area contributed by atoms with Gasteiger partial charge in [-0.15, -0.1) is 0 Å². The molecule has 4 aromatic heterocycles. The predicted molar refractivity (Wildman–Crippen MR) is 262 cm³/mol. The van der Waals surface area contributed by atoms with Crippen LogP contribution in [0.15, 0.2) is 127 Å². The van der Waals surface area contributed by atoms with E-state index in [1.54, 1.807) is 33.6 Å². The standard InChI is InChI=1S/C21H18F3N5O.C16H21BN2O2.C11H9BrF3N3O/c1-13-2-5-16(6-3-13)29-11-15(9-27-29)14-4-7-18-17(8-14)19(10-25-18)28-20(30)26-12-21(22,23)24;1-12-6-8-14(9-7-12)19-11-13(10-18-19)17-20-15(2,3)16(4,5)21-17;12-6-1-2-8-7(3-6)9(4-16-8)18-10(19)17-5-11(13,14)15/h2-11,25H,12H2,1H3,(H2,26,28,30);6-11H,1-5H3;1-4,16H,5H2,(H2,17,18,19). The molecule has 70 heavy (non-hydrogen) atoms. The van der Waals surface area contributed by atoms with Crippen LogP contribution in [0.1, 0.15) is 38.8 Å². The molecule has 0 atom stereocenters. The van der Waals surface area contributed by atoms with E-state index in [1.165, 1.54) is 18.0 Å². The summed E-state index contributed by atoms with van der Waals surface area (Å²) >= 11 is 3.28. The number of carbonyl (C=O) groups excluding carboxylic acids is 2. The lowest BCUT2D eigenvalue weighted by Gasteiger charge is -2.32. The highest BCUT2D eigenvalue weighted by atomic mass is 79.9. The van der Waals surface area contributed by atoms with Crippen molar-refractivity contribution in [2.75, 3.05) is 23.7 Å². The number of urea groups is 2. The number of anilines is 2. The Kier molecular flexibility index (Phi) is 14.9. The van der Waals surface area contributed by atoms with E-state index in [0.717, 1.165) is 49.0 Å². The van der Waals surface area contributed by atoms with Crippen LogP contribution < -0.4 is 26.7 Å². The molecular formula is C48H48BBrF6N10O4. The first-order chi connectivity index (χ1) is 32.9. The average molecular weight is 1030 g/mol. The minimum absolute atomic E-state index is 0.330. The fourth-order valence-corrected chi connectivity index (χ4v) is 7.24. The molecule has 5 heterocycles. The lowest BCUT2D eigenvalue weighted by Crippen LogP contribution is -2.41. The molecule has 366 valence electrons. The Hall–Kier alpha value is -7.04. The zero-order valence-corrected chi connectivity index (χ0v) is 40.2. The summed E-state index contributed by atoms with van der Waals surface area (Å²) in [6.07, 6.45) is 1.55. The molecule has 4 amide bonds. The van der Waals surface area contributed by atoms with E-state index in [4.69, 9.17) is 9.31 Å². The predicted octanol–water partition coefficient (Wildman–Crippen LogP) is 11.1. The van der Waals surface area contributed by atoms with E-state index in [-0.39, 0.29) is 18.3 Å². The van der Waals surface area contributed by atoms with Crippen molar-refractivity contribution in [3.05, 3.63) is 138 Å². The van der Waals surface area contributed by atoms with Gasteiger partial charge in [-0.25, -0.2) is 19.0 Å². The summed E-state index contributed by atoms with van der Waals surface area (Å²) in [4.78, 5) is 29.0. The molecule has 0 saturated carbocycles. The molecule has 1 aliphatic rings. The number of benzene rings is 4. The van der Waals surface area contributed by atoms with Crippen LogP contribution in [0.4, 0.5) is 47.3 Å². The van der Waals surface area contributed by atoms with E-state index in [1.807, 2.05) is 78.7 Å². The molecule has 0 radical (unpaired) electrons. The third kappa shape index (κ3) is 13.0. The summed E-state index contributed by atoms with van der Waals surface area (Å²) in [5, 5.41) is 18.5. The van der Waals surface area contributed by atoms with Gasteiger partial charge < -0.3 is 40.5 Å². The second kappa shape index (κ2) is 20.5. The number of rotatable bonds is 8. The van der Waals surface area contributed by atoms with E-state index < -0.39 is 37.5 Å². The number of aromatic nitrogens is 6. The molecule has 6 N–H and O–H groups in total. The number of aromatic amines is 2. The number of alkyl halides is 6. The number of hydrogen-bond donors (Lipinski definition) is 6. The number of amides is 4. The molecule has 1 aliphatic heterocycles. The molecule has 22 heteroatoms. The zero-order chi connectivity index (χ0) is 50.6. The Morgan fingerprint density at radius 1 is 0.643 bits per heavy atom. The summed E-state index contributed by atoms with van der Waals surface area (Å²) in [6.45, 7) is 9.53. The number of H-pyrrole nitrogens is 2. The SMILES string of the molecule is Cc1ccc(-n2cc(-c3ccc4[nH]cc(NC(=O)NCC(F)(F)F)c4c3)cn2)cc1.Cc1ccc(-n2cc(B3OC(C)(C)C(C)(C)O3)cn2)cc1.O=C(NCC(F)(F)F)Nc1c[nH]c2ccc(Br)cc12. The maximum Gasteiger partial charge on any atom is 0.498 e. The smallest absolute Gasteiger partial charge is 0.399 e. The van der Waals surface area contributed by atoms with Crippen LogP contribution in [-0.2, 0) is 9.31 Å². The van der Waals surface area contributed by atoms with Crippen molar-refractivity contribution in [1.29, 1.82) is 0 Å². The van der Waals surface area contributed by atoms with Gasteiger partial charge in [0.15, 0.2) is 0 Å². The molecule has 4 aromatic carbocycles. The molecule has 0 spiro atoms. The molecule has 0 unspecified atom stereocenters. The lowest BCUT2D eigenvalue weighted by molar-refractivity contribution is -0.123. The van der Waals surface area contributed by atoms with Crippen LogP contribution in [0.2, 0.25) is 0 Å². The maximum atomic E-state index is 12.3. The first-order valence-corrected chi connectivity index (χ1v) is 22.4. The minimum atomic E-state index is -4.47. The maximum absolute atomic E-state index is 12.3. The van der Waals surface area contributed by atoms with Crippen LogP contribution in [0.25, 0.3) is 44.3 Å². The molecule has 8 aromatic rings. The first-order valence-electron chi connectivity index (χ1n) is 21.6. The quantitative estimate of drug-likeness (QED) is 0.0654. The van der Waals surface area contributed by atoms with Gasteiger partial charge in [-0.2, -0.15) is 36.5 Å². The van der Waals surface area contributed by atoms with Crippen LogP contribution in [-0.4, -0.2) is 85.4 Å². The molecule has 0 aliphatic carbocycles. The monoisotopic (exact) mass is 1030 g/mol. The largest absolute Gasteiger partial charge is 0.498 e. The molecule has 0 bridgehead atoms. The summed E-state index contributed by atoms with van der Waals surface area (Å²) in [6, 6.07) is 25.3. The van der Waals surface area contributed by atoms with Crippen molar-refractivity contribution < 1.29 is 45.2 Å². The number of nitrogens with zero attached hydrogens (tertiary/aromatic N) is 4. The number of hydrogen-bond acceptors (Lipinski definition) is 6. The van der Waals surface area contributed by atoms with Gasteiger partial charge in [0, 0.05) is 68.3 Å². The Morgan fingerprint density at radius 2 is 1.10 bits per heavy atom. The van der Waals surface area contributed by atoms with Crippen LogP contribution in [0, 0.1) is 13.8 Å². The Balaban J connectivity index is 0.000000160. The average Bonchev–Trinajstić information content (AvgIpc) is 4.15. The van der Waals surface area contributed by atoms with Crippen molar-refractivity contribution in [2.24, 2.45) is 0 Å². The van der Waals surface area contributed by atoms with Crippen molar-refractivity contribution >= 4 is 73.8 Å². The number of carbonyl (C=O) groups is 2. The summed E-state index contributed by atoms with van der Waals surface area (Å²) in [5.74, 6) is 0. The van der Waals surface area contributed by atoms with Crippen molar-refractivity contribution in [3.63, 3.8) is 0 Å². The van der Waals surface area contributed by atoms with Crippen LogP contribution in [0.3, 0.4) is 0 Å². The third-order valence-electron chi connectivity index (χ3n) is 11.4. The van der Waals surface area contributed by atoms with E-state index in [0.29, 0.717) is 22.1 Å². The number of halogens is 7. The normalized spacial score (nSPS) is 14.1. The van der Waals surface area contributed by atoms with Crippen molar-refractivity contribution in [2.45, 2.75) is 65.1 Å². The van der Waals surface area contributed by atoms with Crippen LogP contribution >= 0.6 is 15.9 Å². The highest BCUT2D eigenvalue weighted by Crippen LogP contribution is 2.36. The van der Waals surface area contributed by atoms with Gasteiger partial charge in [-0.3, -0.25) is 0 Å². The fourth-order valence-electron chi connectivity index (χ4n) is 6.88. The lowest BCUT2D eigenvalue weighted by atomic mass is 9.82. The van der Waals surface area contributed by atoms with Gasteiger partial charge >= 0.3 is 31.5 Å². The molecular weight excluding hydrogens is 985 g/mol. The van der Waals surface area contributed by atoms with Crippen LogP contribution in [0.5, 0.6) is 0 Å². The molecule has 14 nitrogen and oxygen atoms in total. The van der Waals surface area contributed by atoms with Gasteiger partial charge in [0.1, 0.15) is 13.1 Å². The first kappa shape index (κ1) is 50.8. The van der Waals surface area contributed by atoms with Crippen molar-refractivity contribution in [3.8, 4) is 22.5 Å².